The van der Waals surface area contributed by atoms with Crippen molar-refractivity contribution >= 4 is 46.3 Å². The summed E-state index contributed by atoms with van der Waals surface area (Å²) in [6.45, 7) is 0. The largest absolute Gasteiger partial charge is 0.298 e. The second kappa shape index (κ2) is 5.71. The Morgan fingerprint density at radius 3 is 2.52 bits per heavy atom. The quantitative estimate of drug-likeness (QED) is 0.786. The summed E-state index contributed by atoms with van der Waals surface area (Å²) in [6, 6.07) is 11.9. The highest BCUT2D eigenvalue weighted by Gasteiger charge is 2.36. The monoisotopic (exact) mass is 316 g/mol. The van der Waals surface area contributed by atoms with Crippen LogP contribution in [0.15, 0.2) is 53.6 Å². The second-order valence-electron chi connectivity index (χ2n) is 4.25. The van der Waals surface area contributed by atoms with E-state index in [1.165, 1.54) is 0 Å². The number of hydrogen-bond donors (Lipinski definition) is 0. The van der Waals surface area contributed by atoms with Gasteiger partial charge in [0.1, 0.15) is 0 Å². The molecule has 1 aliphatic rings. The van der Waals surface area contributed by atoms with Gasteiger partial charge in [0, 0.05) is 11.2 Å². The lowest BCUT2D eigenvalue weighted by Gasteiger charge is -2.12. The van der Waals surface area contributed by atoms with Crippen LogP contribution in [0.1, 0.15) is 5.69 Å². The first-order valence-corrected chi connectivity index (χ1v) is 7.29. The molecule has 1 aromatic heterocycles. The normalized spacial score (nSPS) is 16.8. The number of anilines is 1. The predicted molar refractivity (Wildman–Crippen MR) is 84.1 cm³/mol. The second-order valence-corrected chi connectivity index (χ2v) is 5.68. The lowest BCUT2D eigenvalue weighted by molar-refractivity contribution is -0.113. The van der Waals surface area contributed by atoms with Crippen LogP contribution in [0.2, 0.25) is 5.02 Å². The Bertz CT molecular complexity index is 729. The summed E-state index contributed by atoms with van der Waals surface area (Å²) in [5.74, 6) is -0.349. The molecule has 3 rings (SSSR count). The molecule has 21 heavy (non-hydrogen) atoms. The van der Waals surface area contributed by atoms with E-state index in [-0.39, 0.29) is 11.1 Å². The zero-order valence-electron chi connectivity index (χ0n) is 10.7. The molecule has 1 aliphatic heterocycles. The van der Waals surface area contributed by atoms with Gasteiger partial charge in [-0.15, -0.1) is 0 Å². The molecule has 0 atom stereocenters. The fraction of sp³-hybridized carbons (Fsp3) is 0. The van der Waals surface area contributed by atoms with Gasteiger partial charge in [-0.1, -0.05) is 17.7 Å². The summed E-state index contributed by atoms with van der Waals surface area (Å²) in [5.41, 5.74) is 1.14. The van der Waals surface area contributed by atoms with Gasteiger partial charge in [0.25, 0.3) is 11.1 Å². The number of aromatic nitrogens is 1. The van der Waals surface area contributed by atoms with E-state index < -0.39 is 0 Å². The zero-order chi connectivity index (χ0) is 14.8. The van der Waals surface area contributed by atoms with Crippen LogP contribution in [0.5, 0.6) is 0 Å². The first kappa shape index (κ1) is 13.9. The Morgan fingerprint density at radius 2 is 1.86 bits per heavy atom. The third-order valence-corrected chi connectivity index (χ3v) is 3.97. The molecule has 0 unspecified atom stereocenters. The van der Waals surface area contributed by atoms with E-state index in [0.717, 1.165) is 16.7 Å². The number of thioether (sulfide) groups is 1. The van der Waals surface area contributed by atoms with Crippen molar-refractivity contribution in [1.29, 1.82) is 0 Å². The predicted octanol–water partition coefficient (Wildman–Crippen LogP) is 3.98. The van der Waals surface area contributed by atoms with Crippen LogP contribution in [0.3, 0.4) is 0 Å². The van der Waals surface area contributed by atoms with Crippen LogP contribution < -0.4 is 4.90 Å². The summed E-state index contributed by atoms with van der Waals surface area (Å²) in [5, 5.41) is 0.222. The lowest BCUT2D eigenvalue weighted by Crippen LogP contribution is -2.27. The summed E-state index contributed by atoms with van der Waals surface area (Å²) in [6.07, 6.45) is 3.25. The van der Waals surface area contributed by atoms with Gasteiger partial charge in [0.2, 0.25) is 0 Å². The van der Waals surface area contributed by atoms with Gasteiger partial charge in [0.15, 0.2) is 0 Å². The maximum atomic E-state index is 12.4. The Hall–Kier alpha value is -2.11. The summed E-state index contributed by atoms with van der Waals surface area (Å²) in [7, 11) is 0. The highest BCUT2D eigenvalue weighted by atomic mass is 35.5. The Kier molecular flexibility index (Phi) is 3.77. The first-order valence-electron chi connectivity index (χ1n) is 6.10. The van der Waals surface area contributed by atoms with Crippen LogP contribution in [0.4, 0.5) is 10.5 Å². The molecule has 6 heteroatoms. The third-order valence-electron chi connectivity index (χ3n) is 2.85. The van der Waals surface area contributed by atoms with Gasteiger partial charge in [-0.3, -0.25) is 14.6 Å². The molecule has 1 saturated heterocycles. The number of halogens is 1. The Morgan fingerprint density at radius 1 is 1.10 bits per heavy atom. The molecule has 0 radical (unpaired) electrons. The minimum atomic E-state index is -0.349. The summed E-state index contributed by atoms with van der Waals surface area (Å²) >= 11 is 6.72. The van der Waals surface area contributed by atoms with Crippen molar-refractivity contribution < 1.29 is 9.59 Å². The van der Waals surface area contributed by atoms with E-state index in [2.05, 4.69) is 4.98 Å². The molecule has 104 valence electrons. The molecule has 0 bridgehead atoms. The molecule has 0 saturated carbocycles. The topological polar surface area (TPSA) is 50.3 Å². The van der Waals surface area contributed by atoms with Crippen LogP contribution in [0.25, 0.3) is 6.08 Å². The molecular formula is C15H9ClN2O2S. The molecule has 2 aromatic rings. The molecule has 1 fully saturated rings. The van der Waals surface area contributed by atoms with Crippen molar-refractivity contribution in [2.75, 3.05) is 4.90 Å². The molecule has 0 spiro atoms. The highest BCUT2D eigenvalue weighted by Crippen LogP contribution is 2.35. The molecule has 1 aromatic carbocycles. The van der Waals surface area contributed by atoms with Crippen molar-refractivity contribution in [3.05, 3.63) is 64.3 Å². The number of amides is 2. The van der Waals surface area contributed by atoms with Crippen molar-refractivity contribution in [3.63, 3.8) is 0 Å². The van der Waals surface area contributed by atoms with Gasteiger partial charge >= 0.3 is 0 Å². The molecule has 4 nitrogen and oxygen atoms in total. The minimum Gasteiger partial charge on any atom is -0.268 e. The number of benzene rings is 1. The van der Waals surface area contributed by atoms with Crippen molar-refractivity contribution in [2.45, 2.75) is 0 Å². The van der Waals surface area contributed by atoms with Crippen LogP contribution in [0, 0.1) is 0 Å². The molecular weight excluding hydrogens is 308 g/mol. The maximum Gasteiger partial charge on any atom is 0.298 e. The van der Waals surface area contributed by atoms with E-state index in [1.807, 2.05) is 6.07 Å². The van der Waals surface area contributed by atoms with E-state index in [1.54, 1.807) is 48.7 Å². The van der Waals surface area contributed by atoms with Gasteiger partial charge < -0.3 is 0 Å². The van der Waals surface area contributed by atoms with Crippen molar-refractivity contribution in [2.24, 2.45) is 0 Å². The van der Waals surface area contributed by atoms with E-state index in [4.69, 9.17) is 11.6 Å². The highest BCUT2D eigenvalue weighted by molar-refractivity contribution is 8.19. The number of carbonyl (C=O) groups is 2. The van der Waals surface area contributed by atoms with Crippen LogP contribution >= 0.6 is 23.4 Å². The minimum absolute atomic E-state index is 0.329. The summed E-state index contributed by atoms with van der Waals surface area (Å²) < 4.78 is 0. The smallest absolute Gasteiger partial charge is 0.268 e. The van der Waals surface area contributed by atoms with Crippen LogP contribution in [-0.4, -0.2) is 16.1 Å². The molecule has 0 N–H and O–H groups in total. The average molecular weight is 317 g/mol. The van der Waals surface area contributed by atoms with E-state index in [9.17, 15) is 9.59 Å². The van der Waals surface area contributed by atoms with Gasteiger partial charge in [-0.25, -0.2) is 4.90 Å². The fourth-order valence-corrected chi connectivity index (χ4v) is 2.83. The first-order chi connectivity index (χ1) is 10.1. The molecule has 2 amide bonds. The third kappa shape index (κ3) is 2.84. The van der Waals surface area contributed by atoms with Gasteiger partial charge in [-0.05, 0) is 54.2 Å². The molecule has 0 aliphatic carbocycles. The maximum absolute atomic E-state index is 12.4. The van der Waals surface area contributed by atoms with Crippen molar-refractivity contribution in [1.82, 2.24) is 4.98 Å². The Labute approximate surface area is 130 Å². The van der Waals surface area contributed by atoms with E-state index in [0.29, 0.717) is 21.3 Å². The number of nitrogens with zero attached hydrogens (tertiary/aromatic N) is 2. The van der Waals surface area contributed by atoms with Gasteiger partial charge in [0.05, 0.1) is 16.3 Å². The number of carbonyl (C=O) groups excluding carboxylic acids is 2. The van der Waals surface area contributed by atoms with Gasteiger partial charge in [-0.2, -0.15) is 0 Å². The van der Waals surface area contributed by atoms with Crippen LogP contribution in [-0.2, 0) is 4.79 Å². The fourth-order valence-electron chi connectivity index (χ4n) is 1.88. The lowest BCUT2D eigenvalue weighted by atomic mass is 10.2. The zero-order valence-corrected chi connectivity index (χ0v) is 12.3. The van der Waals surface area contributed by atoms with E-state index >= 15 is 0 Å². The SMILES string of the molecule is O=C1S/C(=C/c2ccccn2)C(=O)N1c1ccc(Cl)cc1. The summed E-state index contributed by atoms with van der Waals surface area (Å²) in [4.78, 5) is 30.0. The average Bonchev–Trinajstić information content (AvgIpc) is 2.76. The number of imide groups is 1. The number of rotatable bonds is 2. The Balaban J connectivity index is 1.92. The standard InChI is InChI=1S/C15H9ClN2O2S/c16-10-4-6-12(7-5-10)18-14(19)13(21-15(18)20)9-11-3-1-2-8-17-11/h1-9H/b13-9+. The molecule has 2 heterocycles. The number of hydrogen-bond acceptors (Lipinski definition) is 4. The number of pyridine rings is 1. The van der Waals surface area contributed by atoms with Crippen molar-refractivity contribution in [3.8, 4) is 0 Å².